The van der Waals surface area contributed by atoms with Gasteiger partial charge >= 0.3 is 0 Å². The standard InChI is InChI=1S/C18H23N3O2S2/c22-25(23,20-10-2-1-3-11-20)17-8-9-18(19-13-17)21(15-6-7-15)14-16-5-4-12-24-16/h4-5,8-9,12-13,15H,1-3,6-7,10-11,14H2. The Balaban J connectivity index is 1.54. The number of rotatable bonds is 6. The van der Waals surface area contributed by atoms with E-state index in [4.69, 9.17) is 0 Å². The second-order valence-electron chi connectivity index (χ2n) is 6.76. The fraction of sp³-hybridized carbons (Fsp3) is 0.500. The molecule has 0 atom stereocenters. The average molecular weight is 378 g/mol. The summed E-state index contributed by atoms with van der Waals surface area (Å²) in [5.74, 6) is 0.869. The Morgan fingerprint density at radius 1 is 1.16 bits per heavy atom. The van der Waals surface area contributed by atoms with E-state index in [-0.39, 0.29) is 0 Å². The SMILES string of the molecule is O=S(=O)(c1ccc(N(Cc2cccs2)C2CC2)nc1)N1CCCCC1. The van der Waals surface area contributed by atoms with Gasteiger partial charge in [-0.15, -0.1) is 11.3 Å². The maximum Gasteiger partial charge on any atom is 0.244 e. The summed E-state index contributed by atoms with van der Waals surface area (Å²) in [6, 6.07) is 8.31. The highest BCUT2D eigenvalue weighted by Gasteiger charge is 2.31. The van der Waals surface area contributed by atoms with E-state index in [9.17, 15) is 8.42 Å². The second-order valence-corrected chi connectivity index (χ2v) is 9.73. The van der Waals surface area contributed by atoms with Crippen molar-refractivity contribution in [3.8, 4) is 0 Å². The Bertz CT molecular complexity index is 793. The smallest absolute Gasteiger partial charge is 0.244 e. The van der Waals surface area contributed by atoms with Gasteiger partial charge in [0.2, 0.25) is 10.0 Å². The summed E-state index contributed by atoms with van der Waals surface area (Å²) >= 11 is 1.75. The van der Waals surface area contributed by atoms with Crippen molar-refractivity contribution in [1.82, 2.24) is 9.29 Å². The lowest BCUT2D eigenvalue weighted by Crippen LogP contribution is -2.35. The summed E-state index contributed by atoms with van der Waals surface area (Å²) in [6.45, 7) is 2.08. The van der Waals surface area contributed by atoms with Gasteiger partial charge < -0.3 is 4.90 Å². The minimum absolute atomic E-state index is 0.310. The van der Waals surface area contributed by atoms with E-state index < -0.39 is 10.0 Å². The largest absolute Gasteiger partial charge is 0.348 e. The van der Waals surface area contributed by atoms with Crippen LogP contribution in [-0.2, 0) is 16.6 Å². The molecule has 25 heavy (non-hydrogen) atoms. The van der Waals surface area contributed by atoms with Gasteiger partial charge in [0, 0.05) is 30.2 Å². The first-order valence-corrected chi connectivity index (χ1v) is 11.2. The maximum absolute atomic E-state index is 12.7. The first-order chi connectivity index (χ1) is 12.1. The van der Waals surface area contributed by atoms with Crippen molar-refractivity contribution < 1.29 is 8.42 Å². The molecule has 1 saturated carbocycles. The van der Waals surface area contributed by atoms with Crippen LogP contribution in [-0.4, -0.2) is 36.8 Å². The molecular formula is C18H23N3O2S2. The molecule has 2 aromatic heterocycles. The summed E-state index contributed by atoms with van der Waals surface area (Å²) in [5.41, 5.74) is 0. The van der Waals surface area contributed by atoms with Gasteiger partial charge in [0.25, 0.3) is 0 Å². The molecule has 2 aliphatic rings. The van der Waals surface area contributed by atoms with Crippen LogP contribution in [0.15, 0.2) is 40.7 Å². The van der Waals surface area contributed by atoms with Crippen molar-refractivity contribution in [1.29, 1.82) is 0 Å². The summed E-state index contributed by atoms with van der Waals surface area (Å²) in [5, 5.41) is 2.09. The van der Waals surface area contributed by atoms with E-state index >= 15 is 0 Å². The fourth-order valence-electron chi connectivity index (χ4n) is 3.30. The van der Waals surface area contributed by atoms with Gasteiger partial charge in [0.05, 0.1) is 6.54 Å². The van der Waals surface area contributed by atoms with Crippen LogP contribution >= 0.6 is 11.3 Å². The molecule has 0 aromatic carbocycles. The van der Waals surface area contributed by atoms with Gasteiger partial charge in [0.15, 0.2) is 0 Å². The summed E-state index contributed by atoms with van der Waals surface area (Å²) in [4.78, 5) is 8.42. The lowest BCUT2D eigenvalue weighted by Gasteiger charge is -2.26. The van der Waals surface area contributed by atoms with Gasteiger partial charge in [-0.1, -0.05) is 12.5 Å². The molecular weight excluding hydrogens is 354 g/mol. The molecule has 1 aliphatic carbocycles. The second kappa shape index (κ2) is 7.05. The van der Waals surface area contributed by atoms with E-state index in [1.807, 2.05) is 6.07 Å². The van der Waals surface area contributed by atoms with Crippen molar-refractivity contribution >= 4 is 27.2 Å². The highest BCUT2D eigenvalue weighted by atomic mass is 32.2. The number of pyridine rings is 1. The number of aromatic nitrogens is 1. The van der Waals surface area contributed by atoms with Crippen molar-refractivity contribution in [2.45, 2.75) is 49.6 Å². The van der Waals surface area contributed by atoms with Gasteiger partial charge in [-0.3, -0.25) is 0 Å². The quantitative estimate of drug-likeness (QED) is 0.773. The van der Waals surface area contributed by atoms with Crippen LogP contribution < -0.4 is 4.90 Å². The zero-order valence-corrected chi connectivity index (χ0v) is 15.8. The molecule has 2 fully saturated rings. The molecule has 134 valence electrons. The van der Waals surface area contributed by atoms with Crippen LogP contribution in [0, 0.1) is 0 Å². The molecule has 0 bridgehead atoms. The van der Waals surface area contributed by atoms with Gasteiger partial charge in [-0.25, -0.2) is 13.4 Å². The number of piperidine rings is 1. The first kappa shape index (κ1) is 17.0. The minimum Gasteiger partial charge on any atom is -0.348 e. The minimum atomic E-state index is -3.40. The van der Waals surface area contributed by atoms with Crippen LogP contribution in [0.5, 0.6) is 0 Å². The lowest BCUT2D eigenvalue weighted by atomic mass is 10.2. The zero-order valence-electron chi connectivity index (χ0n) is 14.2. The molecule has 7 heteroatoms. The average Bonchev–Trinajstić information content (AvgIpc) is 3.36. The van der Waals surface area contributed by atoms with Crippen LogP contribution in [0.1, 0.15) is 37.0 Å². The van der Waals surface area contributed by atoms with Crippen molar-refractivity contribution in [2.75, 3.05) is 18.0 Å². The molecule has 0 radical (unpaired) electrons. The third-order valence-corrected chi connectivity index (χ3v) is 7.61. The molecule has 3 heterocycles. The molecule has 0 unspecified atom stereocenters. The maximum atomic E-state index is 12.7. The van der Waals surface area contributed by atoms with E-state index in [1.54, 1.807) is 21.7 Å². The molecule has 2 aromatic rings. The van der Waals surface area contributed by atoms with E-state index in [0.29, 0.717) is 24.0 Å². The highest BCUT2D eigenvalue weighted by molar-refractivity contribution is 7.89. The van der Waals surface area contributed by atoms with Crippen molar-refractivity contribution in [3.05, 3.63) is 40.7 Å². The van der Waals surface area contributed by atoms with Gasteiger partial charge in [0.1, 0.15) is 10.7 Å². The Hall–Kier alpha value is -1.44. The third kappa shape index (κ3) is 3.73. The first-order valence-electron chi connectivity index (χ1n) is 8.90. The predicted octanol–water partition coefficient (Wildman–Crippen LogP) is 3.49. The van der Waals surface area contributed by atoms with Crippen LogP contribution in [0.2, 0.25) is 0 Å². The number of anilines is 1. The molecule has 0 N–H and O–H groups in total. The van der Waals surface area contributed by atoms with Gasteiger partial charge in [-0.2, -0.15) is 4.31 Å². The summed E-state index contributed by atoms with van der Waals surface area (Å²) < 4.78 is 27.1. The molecule has 5 nitrogen and oxygen atoms in total. The predicted molar refractivity (Wildman–Crippen MR) is 100 cm³/mol. The number of nitrogens with zero attached hydrogens (tertiary/aromatic N) is 3. The Kier molecular flexibility index (Phi) is 4.80. The zero-order chi connectivity index (χ0) is 17.3. The van der Waals surface area contributed by atoms with Gasteiger partial charge in [-0.05, 0) is 49.3 Å². The van der Waals surface area contributed by atoms with E-state index in [0.717, 1.165) is 31.6 Å². The Morgan fingerprint density at radius 2 is 1.96 bits per heavy atom. The molecule has 0 spiro atoms. The number of hydrogen-bond donors (Lipinski definition) is 0. The van der Waals surface area contributed by atoms with Crippen molar-refractivity contribution in [2.24, 2.45) is 0 Å². The number of hydrogen-bond acceptors (Lipinski definition) is 5. The van der Waals surface area contributed by atoms with E-state index in [1.165, 1.54) is 23.9 Å². The molecule has 4 rings (SSSR count). The Morgan fingerprint density at radius 3 is 2.56 bits per heavy atom. The van der Waals surface area contributed by atoms with Crippen LogP contribution in [0.25, 0.3) is 0 Å². The monoisotopic (exact) mass is 377 g/mol. The lowest BCUT2D eigenvalue weighted by molar-refractivity contribution is 0.346. The van der Waals surface area contributed by atoms with Crippen molar-refractivity contribution in [3.63, 3.8) is 0 Å². The summed E-state index contributed by atoms with van der Waals surface area (Å²) in [6.07, 6.45) is 6.90. The molecule has 1 saturated heterocycles. The normalized spacial score (nSPS) is 19.0. The van der Waals surface area contributed by atoms with E-state index in [2.05, 4.69) is 27.4 Å². The third-order valence-electron chi connectivity index (χ3n) is 4.86. The number of sulfonamides is 1. The topological polar surface area (TPSA) is 53.5 Å². The van der Waals surface area contributed by atoms with Crippen LogP contribution in [0.4, 0.5) is 5.82 Å². The highest BCUT2D eigenvalue weighted by Crippen LogP contribution is 2.33. The Labute approximate surface area is 153 Å². The molecule has 0 amide bonds. The summed E-state index contributed by atoms with van der Waals surface area (Å²) in [7, 11) is -3.40. The van der Waals surface area contributed by atoms with Crippen LogP contribution in [0.3, 0.4) is 0 Å². The fourth-order valence-corrected chi connectivity index (χ4v) is 5.47. The number of thiophene rings is 1. The molecule has 1 aliphatic heterocycles.